The number of likely N-dealkylation sites (tertiary alicyclic amines) is 1. The van der Waals surface area contributed by atoms with Crippen molar-refractivity contribution in [1.29, 1.82) is 0 Å². The van der Waals surface area contributed by atoms with Gasteiger partial charge in [0.05, 0.1) is 6.54 Å². The van der Waals surface area contributed by atoms with Gasteiger partial charge in [0.15, 0.2) is 5.78 Å². The molecule has 0 saturated carbocycles. The van der Waals surface area contributed by atoms with E-state index in [9.17, 15) is 9.18 Å². The number of para-hydroxylation sites is 1. The van der Waals surface area contributed by atoms with Gasteiger partial charge in [0.1, 0.15) is 5.82 Å². The van der Waals surface area contributed by atoms with Crippen LogP contribution in [0.3, 0.4) is 0 Å². The first-order chi connectivity index (χ1) is 12.2. The number of H-pyrrole nitrogens is 1. The summed E-state index contributed by atoms with van der Waals surface area (Å²) in [4.78, 5) is 18.2. The van der Waals surface area contributed by atoms with Gasteiger partial charge < -0.3 is 4.98 Å². The fraction of sp³-hybridized carbons (Fsp3) is 0.286. The number of rotatable bonds is 5. The second-order valence-electron chi connectivity index (χ2n) is 6.77. The number of carbonyl (C=O) groups excluding carboxylic acids is 1. The molecule has 4 heteroatoms. The zero-order chi connectivity index (χ0) is 17.2. The van der Waals surface area contributed by atoms with Gasteiger partial charge >= 0.3 is 0 Å². The van der Waals surface area contributed by atoms with Crippen LogP contribution >= 0.6 is 0 Å². The normalized spacial score (nSPS) is 18.0. The van der Waals surface area contributed by atoms with Crippen molar-refractivity contribution in [2.24, 2.45) is 0 Å². The van der Waals surface area contributed by atoms with Crippen LogP contribution in [0.1, 0.15) is 28.8 Å². The van der Waals surface area contributed by atoms with Crippen molar-refractivity contribution in [3.05, 3.63) is 71.7 Å². The lowest BCUT2D eigenvalue weighted by Gasteiger charge is -2.23. The Morgan fingerprint density at radius 2 is 2.08 bits per heavy atom. The van der Waals surface area contributed by atoms with Gasteiger partial charge in [0, 0.05) is 28.7 Å². The van der Waals surface area contributed by atoms with Crippen LogP contribution in [0.25, 0.3) is 10.9 Å². The molecule has 1 saturated heterocycles. The maximum Gasteiger partial charge on any atom is 0.178 e. The lowest BCUT2D eigenvalue weighted by Crippen LogP contribution is -2.35. The van der Waals surface area contributed by atoms with Crippen LogP contribution in [0.4, 0.5) is 4.39 Å². The summed E-state index contributed by atoms with van der Waals surface area (Å²) in [5, 5.41) is 0.980. The van der Waals surface area contributed by atoms with Gasteiger partial charge in [0.2, 0.25) is 0 Å². The SMILES string of the molecule is O=C(CN1CCCC1Cc1cccc(F)c1)c1c[nH]c2ccccc12. The topological polar surface area (TPSA) is 36.1 Å². The molecule has 2 heterocycles. The smallest absolute Gasteiger partial charge is 0.178 e. The van der Waals surface area contributed by atoms with Crippen molar-refractivity contribution in [3.63, 3.8) is 0 Å². The molecule has 2 aromatic carbocycles. The number of nitrogens with one attached hydrogen (secondary N) is 1. The van der Waals surface area contributed by atoms with E-state index in [2.05, 4.69) is 9.88 Å². The highest BCUT2D eigenvalue weighted by molar-refractivity contribution is 6.08. The Bertz CT molecular complexity index is 902. The van der Waals surface area contributed by atoms with Crippen molar-refractivity contribution < 1.29 is 9.18 Å². The zero-order valence-corrected chi connectivity index (χ0v) is 14.0. The molecule has 0 aliphatic carbocycles. The molecular weight excluding hydrogens is 315 g/mol. The average molecular weight is 336 g/mol. The Kier molecular flexibility index (Phi) is 4.36. The molecule has 1 aromatic heterocycles. The number of hydrogen-bond acceptors (Lipinski definition) is 2. The van der Waals surface area contributed by atoms with Crippen LogP contribution in [-0.4, -0.2) is 34.8 Å². The van der Waals surface area contributed by atoms with E-state index in [0.29, 0.717) is 12.6 Å². The number of aromatic amines is 1. The molecule has 1 fully saturated rings. The van der Waals surface area contributed by atoms with E-state index in [1.165, 1.54) is 6.07 Å². The number of hydrogen-bond donors (Lipinski definition) is 1. The minimum atomic E-state index is -0.197. The predicted octanol–water partition coefficient (Wildman–Crippen LogP) is 4.20. The van der Waals surface area contributed by atoms with Gasteiger partial charge in [-0.15, -0.1) is 0 Å². The predicted molar refractivity (Wildman–Crippen MR) is 97.3 cm³/mol. The third-order valence-electron chi connectivity index (χ3n) is 5.10. The van der Waals surface area contributed by atoms with Gasteiger partial charge in [-0.3, -0.25) is 9.69 Å². The van der Waals surface area contributed by atoms with Crippen molar-refractivity contribution in [3.8, 4) is 0 Å². The Labute approximate surface area is 146 Å². The summed E-state index contributed by atoms with van der Waals surface area (Å²) in [7, 11) is 0. The number of ketones is 1. The van der Waals surface area contributed by atoms with E-state index in [-0.39, 0.29) is 11.6 Å². The molecule has 1 atom stereocenters. The Morgan fingerprint density at radius 3 is 2.96 bits per heavy atom. The molecule has 4 rings (SSSR count). The van der Waals surface area contributed by atoms with Crippen LogP contribution in [0.2, 0.25) is 0 Å². The lowest BCUT2D eigenvalue weighted by molar-refractivity contribution is 0.0923. The van der Waals surface area contributed by atoms with E-state index >= 15 is 0 Å². The fourth-order valence-corrected chi connectivity index (χ4v) is 3.84. The molecule has 3 aromatic rings. The summed E-state index contributed by atoms with van der Waals surface area (Å²) in [6, 6.07) is 15.0. The first-order valence-electron chi connectivity index (χ1n) is 8.78. The summed E-state index contributed by atoms with van der Waals surface area (Å²) >= 11 is 0. The molecule has 3 nitrogen and oxygen atoms in total. The van der Waals surface area contributed by atoms with Gasteiger partial charge in [-0.25, -0.2) is 4.39 Å². The molecule has 0 bridgehead atoms. The molecular formula is C21H21FN2O. The maximum absolute atomic E-state index is 13.4. The Balaban J connectivity index is 1.48. The van der Waals surface area contributed by atoms with Gasteiger partial charge in [-0.05, 0) is 49.6 Å². The molecule has 0 radical (unpaired) electrons. The quantitative estimate of drug-likeness (QED) is 0.709. The zero-order valence-electron chi connectivity index (χ0n) is 14.0. The first kappa shape index (κ1) is 16.0. The fourth-order valence-electron chi connectivity index (χ4n) is 3.84. The lowest BCUT2D eigenvalue weighted by atomic mass is 10.0. The highest BCUT2D eigenvalue weighted by Crippen LogP contribution is 2.24. The standard InChI is InChI=1S/C21H21FN2O/c22-16-6-3-5-15(11-16)12-17-7-4-10-24(17)14-21(25)19-13-23-20-9-2-1-8-18(19)20/h1-3,5-6,8-9,11,13,17,23H,4,7,10,12,14H2. The first-order valence-corrected chi connectivity index (χ1v) is 8.78. The van der Waals surface area contributed by atoms with Crippen LogP contribution in [0.15, 0.2) is 54.7 Å². The molecule has 1 aliphatic heterocycles. The molecule has 1 N–H and O–H groups in total. The van der Waals surface area contributed by atoms with E-state index in [0.717, 1.165) is 47.8 Å². The van der Waals surface area contributed by atoms with Gasteiger partial charge in [0.25, 0.3) is 0 Å². The van der Waals surface area contributed by atoms with Crippen LogP contribution in [0, 0.1) is 5.82 Å². The van der Waals surface area contributed by atoms with E-state index in [1.807, 2.05) is 36.5 Å². The average Bonchev–Trinajstić information content (AvgIpc) is 3.22. The van der Waals surface area contributed by atoms with Crippen LogP contribution in [-0.2, 0) is 6.42 Å². The van der Waals surface area contributed by atoms with Crippen molar-refractivity contribution in [2.45, 2.75) is 25.3 Å². The number of halogens is 1. The summed E-state index contributed by atoms with van der Waals surface area (Å²) < 4.78 is 13.4. The van der Waals surface area contributed by atoms with Crippen molar-refractivity contribution in [1.82, 2.24) is 9.88 Å². The molecule has 0 amide bonds. The summed E-state index contributed by atoms with van der Waals surface area (Å²) in [5.74, 6) is -0.0551. The molecule has 25 heavy (non-hydrogen) atoms. The van der Waals surface area contributed by atoms with Crippen LogP contribution < -0.4 is 0 Å². The second kappa shape index (κ2) is 6.81. The molecule has 1 aliphatic rings. The maximum atomic E-state index is 13.4. The largest absolute Gasteiger partial charge is 0.360 e. The number of benzene rings is 2. The summed E-state index contributed by atoms with van der Waals surface area (Å²) in [6.45, 7) is 1.34. The molecule has 0 spiro atoms. The van der Waals surface area contributed by atoms with E-state index < -0.39 is 0 Å². The molecule has 128 valence electrons. The molecule has 1 unspecified atom stereocenters. The number of aromatic nitrogens is 1. The Hall–Kier alpha value is -2.46. The van der Waals surface area contributed by atoms with E-state index in [4.69, 9.17) is 0 Å². The van der Waals surface area contributed by atoms with E-state index in [1.54, 1.807) is 12.1 Å². The Morgan fingerprint density at radius 1 is 1.20 bits per heavy atom. The second-order valence-corrected chi connectivity index (χ2v) is 6.77. The number of nitrogens with zero attached hydrogens (tertiary/aromatic N) is 1. The van der Waals surface area contributed by atoms with Crippen molar-refractivity contribution >= 4 is 16.7 Å². The monoisotopic (exact) mass is 336 g/mol. The minimum absolute atomic E-state index is 0.142. The van der Waals surface area contributed by atoms with Crippen molar-refractivity contribution in [2.75, 3.05) is 13.1 Å². The number of carbonyl (C=O) groups is 1. The highest BCUT2D eigenvalue weighted by Gasteiger charge is 2.27. The third-order valence-corrected chi connectivity index (χ3v) is 5.10. The van der Waals surface area contributed by atoms with Crippen LogP contribution in [0.5, 0.6) is 0 Å². The summed E-state index contributed by atoms with van der Waals surface area (Å²) in [5.41, 5.74) is 2.74. The summed E-state index contributed by atoms with van der Waals surface area (Å²) in [6.07, 6.45) is 4.74. The van der Waals surface area contributed by atoms with Gasteiger partial charge in [-0.2, -0.15) is 0 Å². The van der Waals surface area contributed by atoms with Gasteiger partial charge in [-0.1, -0.05) is 30.3 Å². The highest BCUT2D eigenvalue weighted by atomic mass is 19.1. The number of Topliss-reactive ketones (excluding diaryl/α,β-unsaturated/α-hetero) is 1. The number of fused-ring (bicyclic) bond motifs is 1. The minimum Gasteiger partial charge on any atom is -0.360 e. The third kappa shape index (κ3) is 3.35.